The first-order valence-corrected chi connectivity index (χ1v) is 8.84. The van der Waals surface area contributed by atoms with Crippen LogP contribution in [0.2, 0.25) is 0 Å². The van der Waals surface area contributed by atoms with Crippen LogP contribution < -0.4 is 10.9 Å². The van der Waals surface area contributed by atoms with Gasteiger partial charge in [0.1, 0.15) is 0 Å². The van der Waals surface area contributed by atoms with E-state index in [9.17, 15) is 9.59 Å². The third kappa shape index (κ3) is 3.64. The number of amides is 2. The topological polar surface area (TPSA) is 63.1 Å². The normalized spacial score (nSPS) is 10.5. The maximum atomic E-state index is 12.5. The zero-order valence-corrected chi connectivity index (χ0v) is 14.9. The van der Waals surface area contributed by atoms with Crippen molar-refractivity contribution in [3.63, 3.8) is 0 Å². The number of nitrogens with one attached hydrogen (secondary N) is 2. The van der Waals surface area contributed by atoms with Crippen molar-refractivity contribution in [3.8, 4) is 5.69 Å². The summed E-state index contributed by atoms with van der Waals surface area (Å²) in [5.74, 6) is -0.666. The lowest BCUT2D eigenvalue weighted by atomic mass is 10.1. The van der Waals surface area contributed by atoms with Gasteiger partial charge in [-0.1, -0.05) is 19.1 Å². The van der Waals surface area contributed by atoms with Gasteiger partial charge in [-0.25, -0.2) is 0 Å². The van der Waals surface area contributed by atoms with Crippen LogP contribution in [0.3, 0.4) is 0 Å². The molecule has 0 radical (unpaired) electrons. The lowest BCUT2D eigenvalue weighted by Gasteiger charge is -2.11. The quantitative estimate of drug-likeness (QED) is 0.705. The Morgan fingerprint density at radius 1 is 1.04 bits per heavy atom. The van der Waals surface area contributed by atoms with Gasteiger partial charge in [0.25, 0.3) is 11.8 Å². The van der Waals surface area contributed by atoms with Crippen LogP contribution in [-0.4, -0.2) is 16.4 Å². The van der Waals surface area contributed by atoms with Crippen LogP contribution in [-0.2, 0) is 6.42 Å². The Labute approximate surface area is 150 Å². The van der Waals surface area contributed by atoms with E-state index in [4.69, 9.17) is 0 Å². The molecule has 5 nitrogen and oxygen atoms in total. The molecule has 0 saturated carbocycles. The maximum Gasteiger partial charge on any atom is 0.279 e. The number of aryl methyl sites for hydroxylation is 2. The van der Waals surface area contributed by atoms with E-state index in [2.05, 4.69) is 17.8 Å². The highest BCUT2D eigenvalue weighted by molar-refractivity contribution is 7.14. The molecule has 0 aliphatic rings. The van der Waals surface area contributed by atoms with Crippen molar-refractivity contribution < 1.29 is 9.59 Å². The molecule has 0 fully saturated rings. The number of carbonyl (C=O) groups is 2. The van der Waals surface area contributed by atoms with Crippen molar-refractivity contribution in [1.29, 1.82) is 0 Å². The van der Waals surface area contributed by atoms with Crippen LogP contribution in [0.5, 0.6) is 0 Å². The average molecular weight is 353 g/mol. The van der Waals surface area contributed by atoms with E-state index >= 15 is 0 Å². The second kappa shape index (κ2) is 7.36. The monoisotopic (exact) mass is 353 g/mol. The average Bonchev–Trinajstić information content (AvgIpc) is 3.29. The van der Waals surface area contributed by atoms with E-state index in [1.165, 1.54) is 16.2 Å². The number of para-hydroxylation sites is 1. The Balaban J connectivity index is 1.72. The summed E-state index contributed by atoms with van der Waals surface area (Å²) in [5.41, 5.74) is 7.33. The second-order valence-electron chi connectivity index (χ2n) is 5.59. The number of hydrogen-bond acceptors (Lipinski definition) is 3. The van der Waals surface area contributed by atoms with Crippen LogP contribution in [0.15, 0.2) is 54.9 Å². The van der Waals surface area contributed by atoms with Gasteiger partial charge in [-0.15, -0.1) is 11.3 Å². The smallest absolute Gasteiger partial charge is 0.279 e. The minimum Gasteiger partial charge on any atom is -0.323 e. The number of hydrogen-bond donors (Lipinski definition) is 2. The first-order chi connectivity index (χ1) is 12.1. The van der Waals surface area contributed by atoms with Gasteiger partial charge in [-0.3, -0.25) is 20.4 Å². The highest BCUT2D eigenvalue weighted by Crippen LogP contribution is 2.22. The fourth-order valence-electron chi connectivity index (χ4n) is 2.61. The number of benzene rings is 1. The Bertz CT molecular complexity index is 897. The molecular weight excluding hydrogens is 334 g/mol. The summed E-state index contributed by atoms with van der Waals surface area (Å²) in [7, 11) is 0. The molecule has 3 rings (SSSR count). The number of nitrogens with zero attached hydrogens (tertiary/aromatic N) is 1. The highest BCUT2D eigenvalue weighted by Gasteiger charge is 2.15. The molecule has 6 heteroatoms. The van der Waals surface area contributed by atoms with Gasteiger partial charge < -0.3 is 4.57 Å². The zero-order valence-electron chi connectivity index (χ0n) is 14.1. The number of rotatable bonds is 4. The summed E-state index contributed by atoms with van der Waals surface area (Å²) in [5, 5.41) is 0. The molecule has 25 heavy (non-hydrogen) atoms. The third-order valence-electron chi connectivity index (χ3n) is 3.89. The van der Waals surface area contributed by atoms with E-state index < -0.39 is 0 Å². The van der Waals surface area contributed by atoms with Crippen LogP contribution in [0.4, 0.5) is 0 Å². The van der Waals surface area contributed by atoms with Crippen molar-refractivity contribution in [3.05, 3.63) is 75.7 Å². The number of hydrazine groups is 1. The van der Waals surface area contributed by atoms with Crippen LogP contribution >= 0.6 is 11.3 Å². The first kappa shape index (κ1) is 17.0. The van der Waals surface area contributed by atoms with Crippen molar-refractivity contribution in [1.82, 2.24) is 15.4 Å². The van der Waals surface area contributed by atoms with E-state index in [0.717, 1.165) is 17.7 Å². The van der Waals surface area contributed by atoms with Crippen molar-refractivity contribution in [2.45, 2.75) is 20.3 Å². The molecule has 128 valence electrons. The first-order valence-electron chi connectivity index (χ1n) is 8.02. The molecule has 0 saturated heterocycles. The Morgan fingerprint density at radius 2 is 1.72 bits per heavy atom. The lowest BCUT2D eigenvalue weighted by Crippen LogP contribution is -2.41. The lowest BCUT2D eigenvalue weighted by molar-refractivity contribution is 0.0849. The van der Waals surface area contributed by atoms with Gasteiger partial charge in [-0.2, -0.15) is 0 Å². The molecule has 3 aromatic rings. The standard InChI is InChI=1S/C19H19N3O2S/c1-3-16-13(2)12-17(25-16)19(24)21-20-18(23)14-8-4-5-9-15(14)22-10-6-7-11-22/h4-12H,3H2,1-2H3,(H,20,23)(H,21,24). The van der Waals surface area contributed by atoms with Gasteiger partial charge in [0.05, 0.1) is 16.1 Å². The van der Waals surface area contributed by atoms with Gasteiger partial charge in [0.2, 0.25) is 0 Å². The maximum absolute atomic E-state index is 12.5. The third-order valence-corrected chi connectivity index (χ3v) is 5.27. The summed E-state index contributed by atoms with van der Waals surface area (Å²) < 4.78 is 1.85. The molecule has 2 N–H and O–H groups in total. The molecular formula is C19H19N3O2S. The minimum absolute atomic E-state index is 0.306. The van der Waals surface area contributed by atoms with Gasteiger partial charge in [0, 0.05) is 17.3 Å². The second-order valence-corrected chi connectivity index (χ2v) is 6.72. The summed E-state index contributed by atoms with van der Waals surface area (Å²) in [6.45, 7) is 4.04. The molecule has 0 atom stereocenters. The van der Waals surface area contributed by atoms with Crippen LogP contribution in [0.1, 0.15) is 37.4 Å². The SMILES string of the molecule is CCc1sc(C(=O)NNC(=O)c2ccccc2-n2cccc2)cc1C. The zero-order chi connectivity index (χ0) is 17.8. The van der Waals surface area contributed by atoms with Gasteiger partial charge in [-0.05, 0) is 49.2 Å². The fourth-order valence-corrected chi connectivity index (χ4v) is 3.62. The Hall–Kier alpha value is -2.86. The van der Waals surface area contributed by atoms with E-state index in [-0.39, 0.29) is 11.8 Å². The van der Waals surface area contributed by atoms with Gasteiger partial charge >= 0.3 is 0 Å². The molecule has 0 aliphatic heterocycles. The molecule has 2 amide bonds. The van der Waals surface area contributed by atoms with Gasteiger partial charge in [0.15, 0.2) is 0 Å². The van der Waals surface area contributed by atoms with Crippen LogP contribution in [0, 0.1) is 6.92 Å². The molecule has 0 unspecified atom stereocenters. The fraction of sp³-hybridized carbons (Fsp3) is 0.158. The highest BCUT2D eigenvalue weighted by atomic mass is 32.1. The Morgan fingerprint density at radius 3 is 2.40 bits per heavy atom. The van der Waals surface area contributed by atoms with Crippen molar-refractivity contribution in [2.24, 2.45) is 0 Å². The summed E-state index contributed by atoms with van der Waals surface area (Å²) in [6.07, 6.45) is 4.62. The largest absolute Gasteiger partial charge is 0.323 e. The molecule has 0 bridgehead atoms. The molecule has 1 aromatic carbocycles. The number of carbonyl (C=O) groups excluding carboxylic acids is 2. The van der Waals surface area contributed by atoms with E-state index in [0.29, 0.717) is 10.4 Å². The summed E-state index contributed by atoms with van der Waals surface area (Å²) in [4.78, 5) is 26.5. The molecule has 2 aromatic heterocycles. The summed E-state index contributed by atoms with van der Waals surface area (Å²) in [6, 6.07) is 12.9. The number of thiophene rings is 1. The predicted octanol–water partition coefficient (Wildman–Crippen LogP) is 3.48. The van der Waals surface area contributed by atoms with Crippen molar-refractivity contribution in [2.75, 3.05) is 0 Å². The van der Waals surface area contributed by atoms with Crippen molar-refractivity contribution >= 4 is 23.2 Å². The molecule has 2 heterocycles. The summed E-state index contributed by atoms with van der Waals surface area (Å²) >= 11 is 1.45. The molecule has 0 spiro atoms. The van der Waals surface area contributed by atoms with Crippen LogP contribution in [0.25, 0.3) is 5.69 Å². The number of aromatic nitrogens is 1. The minimum atomic E-state index is -0.360. The van der Waals surface area contributed by atoms with E-state index in [1.54, 1.807) is 12.1 Å². The Kier molecular flexibility index (Phi) is 5.00. The molecule has 0 aliphatic carbocycles. The predicted molar refractivity (Wildman–Crippen MR) is 99.1 cm³/mol. The van der Waals surface area contributed by atoms with E-state index in [1.807, 2.05) is 54.2 Å².